The molecule has 0 unspecified atom stereocenters. The molecular weight excluding hydrogens is 344 g/mol. The Morgan fingerprint density at radius 1 is 1.22 bits per heavy atom. The van der Waals surface area contributed by atoms with Gasteiger partial charge in [-0.15, -0.1) is 0 Å². The van der Waals surface area contributed by atoms with Crippen LogP contribution in [0.25, 0.3) is 11.0 Å². The number of aromatic nitrogens is 4. The second kappa shape index (κ2) is 7.95. The number of aromatic amines is 1. The molecule has 27 heavy (non-hydrogen) atoms. The van der Waals surface area contributed by atoms with Crippen LogP contribution in [0.15, 0.2) is 6.20 Å². The maximum absolute atomic E-state index is 9.38. The number of hydrogen-bond donors (Lipinski definition) is 3. The van der Waals surface area contributed by atoms with E-state index in [4.69, 9.17) is 5.73 Å². The summed E-state index contributed by atoms with van der Waals surface area (Å²) in [6, 6.07) is 0.570. The summed E-state index contributed by atoms with van der Waals surface area (Å²) in [5.41, 5.74) is 6.61. The second-order valence-electron chi connectivity index (χ2n) is 7.80. The summed E-state index contributed by atoms with van der Waals surface area (Å²) in [7, 11) is 2.19. The smallest absolute Gasteiger partial charge is 0.224 e. The van der Waals surface area contributed by atoms with Crippen molar-refractivity contribution in [3.8, 4) is 0 Å². The molecule has 4 heterocycles. The Morgan fingerprint density at radius 3 is 2.81 bits per heavy atom. The van der Waals surface area contributed by atoms with Gasteiger partial charge in [-0.05, 0) is 32.2 Å². The topological polar surface area (TPSA) is 110 Å². The lowest BCUT2D eigenvalue weighted by atomic mass is 9.86. The minimum absolute atomic E-state index is 0.248. The predicted molar refractivity (Wildman–Crippen MR) is 106 cm³/mol. The Balaban J connectivity index is 1.54. The first kappa shape index (κ1) is 18.4. The number of hydrogen-bond acceptors (Lipinski definition) is 8. The third kappa shape index (κ3) is 3.85. The molecule has 0 aromatic carbocycles. The van der Waals surface area contributed by atoms with Gasteiger partial charge in [0.15, 0.2) is 5.65 Å². The third-order valence-electron chi connectivity index (χ3n) is 6.04. The monoisotopic (exact) mass is 374 g/mol. The Kier molecular flexibility index (Phi) is 5.42. The molecule has 4 N–H and O–H groups in total. The molecule has 0 bridgehead atoms. The van der Waals surface area contributed by atoms with Crippen LogP contribution >= 0.6 is 0 Å². The van der Waals surface area contributed by atoms with Crippen LogP contribution in [0.1, 0.15) is 19.3 Å². The van der Waals surface area contributed by atoms with Crippen LogP contribution in [0.4, 0.5) is 11.8 Å². The number of aliphatic hydroxyl groups excluding tert-OH is 1. The number of likely N-dealkylation sites (N-methyl/N-ethyl adjacent to an activating group) is 1. The van der Waals surface area contributed by atoms with Crippen molar-refractivity contribution in [2.45, 2.75) is 25.3 Å². The van der Waals surface area contributed by atoms with Gasteiger partial charge in [-0.3, -0.25) is 10.00 Å². The molecule has 0 spiro atoms. The van der Waals surface area contributed by atoms with E-state index in [1.165, 1.54) is 0 Å². The largest absolute Gasteiger partial charge is 0.396 e. The number of piperazine rings is 1. The zero-order valence-corrected chi connectivity index (χ0v) is 16.0. The van der Waals surface area contributed by atoms with Crippen LogP contribution in [0.2, 0.25) is 0 Å². The SMILES string of the molecule is CN1CCN([C@H]2CCN(c3nc(N)nc4[nH]ncc34)C[C@H]2CCCO)CC1. The van der Waals surface area contributed by atoms with Gasteiger partial charge in [0.1, 0.15) is 5.82 Å². The number of nitrogens with two attached hydrogens (primary N) is 1. The molecule has 2 aliphatic heterocycles. The van der Waals surface area contributed by atoms with Gasteiger partial charge in [-0.2, -0.15) is 15.1 Å². The Bertz CT molecular complexity index is 757. The van der Waals surface area contributed by atoms with E-state index in [1.807, 2.05) is 0 Å². The lowest BCUT2D eigenvalue weighted by molar-refractivity contribution is 0.0637. The van der Waals surface area contributed by atoms with Crippen molar-refractivity contribution < 1.29 is 5.11 Å². The summed E-state index contributed by atoms with van der Waals surface area (Å²) in [4.78, 5) is 16.1. The maximum Gasteiger partial charge on any atom is 0.224 e. The Labute approximate surface area is 159 Å². The highest BCUT2D eigenvalue weighted by Crippen LogP contribution is 2.32. The average Bonchev–Trinajstić information content (AvgIpc) is 3.14. The van der Waals surface area contributed by atoms with E-state index in [9.17, 15) is 5.11 Å². The van der Waals surface area contributed by atoms with Gasteiger partial charge in [0.2, 0.25) is 5.95 Å². The van der Waals surface area contributed by atoms with Crippen molar-refractivity contribution in [2.24, 2.45) is 5.92 Å². The fraction of sp³-hybridized carbons (Fsp3) is 0.722. The number of nitrogens with zero attached hydrogens (tertiary/aromatic N) is 6. The first-order valence-corrected chi connectivity index (χ1v) is 9.90. The lowest BCUT2D eigenvalue weighted by Gasteiger charge is -2.46. The molecule has 2 aliphatic rings. The number of nitrogens with one attached hydrogen (secondary N) is 1. The quantitative estimate of drug-likeness (QED) is 0.678. The predicted octanol–water partition coefficient (Wildman–Crippen LogP) is 0.150. The first-order chi connectivity index (χ1) is 13.2. The highest BCUT2D eigenvalue weighted by atomic mass is 16.2. The zero-order valence-electron chi connectivity index (χ0n) is 16.0. The number of anilines is 2. The van der Waals surface area contributed by atoms with Crippen molar-refractivity contribution in [3.05, 3.63) is 6.20 Å². The van der Waals surface area contributed by atoms with Crippen molar-refractivity contribution in [1.82, 2.24) is 30.0 Å². The van der Waals surface area contributed by atoms with Crippen molar-refractivity contribution in [2.75, 3.05) is 63.6 Å². The van der Waals surface area contributed by atoms with Crippen molar-refractivity contribution >= 4 is 22.8 Å². The van der Waals surface area contributed by atoms with Crippen LogP contribution in [0, 0.1) is 5.92 Å². The molecule has 148 valence electrons. The number of rotatable bonds is 5. The standard InChI is InChI=1S/C18H30N8O/c1-24-6-8-25(9-7-24)15-4-5-26(12-13(15)3-2-10-27)17-14-11-20-23-16(14)21-18(19)22-17/h11,13,15,27H,2-10,12H2,1H3,(H3,19,20,21,22,23)/t13-,15+/m1/s1. The second-order valence-corrected chi connectivity index (χ2v) is 7.80. The molecule has 2 atom stereocenters. The zero-order chi connectivity index (χ0) is 18.8. The summed E-state index contributed by atoms with van der Waals surface area (Å²) >= 11 is 0. The third-order valence-corrected chi connectivity index (χ3v) is 6.04. The summed E-state index contributed by atoms with van der Waals surface area (Å²) < 4.78 is 0. The molecule has 2 aromatic heterocycles. The van der Waals surface area contributed by atoms with Gasteiger partial charge in [-0.25, -0.2) is 0 Å². The van der Waals surface area contributed by atoms with E-state index >= 15 is 0 Å². The van der Waals surface area contributed by atoms with Gasteiger partial charge in [-0.1, -0.05) is 0 Å². The van der Waals surface area contributed by atoms with E-state index in [0.717, 1.165) is 69.7 Å². The minimum atomic E-state index is 0.248. The van der Waals surface area contributed by atoms with E-state index in [0.29, 0.717) is 17.6 Å². The molecule has 2 fully saturated rings. The van der Waals surface area contributed by atoms with Gasteiger partial charge < -0.3 is 20.6 Å². The van der Waals surface area contributed by atoms with Crippen LogP contribution in [0.5, 0.6) is 0 Å². The summed E-state index contributed by atoms with van der Waals surface area (Å²) in [5.74, 6) is 1.65. The summed E-state index contributed by atoms with van der Waals surface area (Å²) in [6.45, 7) is 6.64. The Morgan fingerprint density at radius 2 is 2.04 bits per heavy atom. The first-order valence-electron chi connectivity index (χ1n) is 9.90. The average molecular weight is 374 g/mol. The van der Waals surface area contributed by atoms with Crippen LogP contribution in [0.3, 0.4) is 0 Å². The van der Waals surface area contributed by atoms with Crippen LogP contribution in [-0.4, -0.2) is 94.0 Å². The van der Waals surface area contributed by atoms with E-state index < -0.39 is 0 Å². The van der Waals surface area contributed by atoms with Crippen molar-refractivity contribution in [1.29, 1.82) is 0 Å². The molecule has 0 saturated carbocycles. The molecule has 0 aliphatic carbocycles. The fourth-order valence-electron chi connectivity index (χ4n) is 4.56. The van der Waals surface area contributed by atoms with Gasteiger partial charge in [0.05, 0.1) is 11.6 Å². The molecule has 9 nitrogen and oxygen atoms in total. The molecule has 0 radical (unpaired) electrons. The van der Waals surface area contributed by atoms with Gasteiger partial charge >= 0.3 is 0 Å². The molecule has 0 amide bonds. The van der Waals surface area contributed by atoms with Crippen molar-refractivity contribution in [3.63, 3.8) is 0 Å². The van der Waals surface area contributed by atoms with E-state index in [-0.39, 0.29) is 12.6 Å². The minimum Gasteiger partial charge on any atom is -0.396 e. The fourth-order valence-corrected chi connectivity index (χ4v) is 4.56. The number of piperidine rings is 1. The Hall–Kier alpha value is -1.97. The number of fused-ring (bicyclic) bond motifs is 1. The lowest BCUT2D eigenvalue weighted by Crippen LogP contribution is -2.56. The normalized spacial score (nSPS) is 25.3. The number of aliphatic hydroxyl groups is 1. The summed E-state index contributed by atoms with van der Waals surface area (Å²) in [5, 5.41) is 17.3. The highest BCUT2D eigenvalue weighted by Gasteiger charge is 2.35. The molecule has 2 aromatic rings. The van der Waals surface area contributed by atoms with Gasteiger partial charge in [0, 0.05) is 51.9 Å². The van der Waals surface area contributed by atoms with E-state index in [1.54, 1.807) is 6.20 Å². The number of nitrogen functional groups attached to an aromatic ring is 1. The number of H-pyrrole nitrogens is 1. The molecule has 9 heteroatoms. The van der Waals surface area contributed by atoms with E-state index in [2.05, 4.69) is 41.9 Å². The summed E-state index contributed by atoms with van der Waals surface area (Å²) in [6.07, 6.45) is 4.75. The molecule has 4 rings (SSSR count). The maximum atomic E-state index is 9.38. The highest BCUT2D eigenvalue weighted by molar-refractivity contribution is 5.87. The molecular formula is C18H30N8O. The van der Waals surface area contributed by atoms with Crippen LogP contribution in [-0.2, 0) is 0 Å². The van der Waals surface area contributed by atoms with Crippen LogP contribution < -0.4 is 10.6 Å². The molecule has 2 saturated heterocycles. The van der Waals surface area contributed by atoms with Gasteiger partial charge in [0.25, 0.3) is 0 Å².